The van der Waals surface area contributed by atoms with Crippen LogP contribution in [0, 0.1) is 6.92 Å². The fourth-order valence-corrected chi connectivity index (χ4v) is 4.15. The topological polar surface area (TPSA) is 69.0 Å². The standard InChI is InChI=1S/C27H32N4O3/c1-22-7-5-10-24(19-22)28-27(33)31(21-25-11-6-18-34-25)13-12-26(32)30-16-14-29(15-17-30)20-23-8-3-2-4-9-23/h2-11,18-19H,12-17,20-21H2,1H3,(H,28,33). The van der Waals surface area contributed by atoms with E-state index in [9.17, 15) is 9.59 Å². The van der Waals surface area contributed by atoms with Crippen LogP contribution >= 0.6 is 0 Å². The lowest BCUT2D eigenvalue weighted by Crippen LogP contribution is -2.49. The molecule has 1 aromatic heterocycles. The number of amides is 3. The molecule has 1 N–H and O–H groups in total. The Morgan fingerprint density at radius 2 is 1.76 bits per heavy atom. The van der Waals surface area contributed by atoms with Crippen molar-refractivity contribution >= 4 is 17.6 Å². The van der Waals surface area contributed by atoms with Crippen molar-refractivity contribution in [3.63, 3.8) is 0 Å². The van der Waals surface area contributed by atoms with Crippen LogP contribution in [-0.4, -0.2) is 59.4 Å². The Labute approximate surface area is 201 Å². The van der Waals surface area contributed by atoms with Crippen LogP contribution in [0.5, 0.6) is 0 Å². The van der Waals surface area contributed by atoms with Crippen molar-refractivity contribution in [2.45, 2.75) is 26.4 Å². The number of hydrogen-bond acceptors (Lipinski definition) is 4. The lowest BCUT2D eigenvalue weighted by atomic mass is 10.2. The van der Waals surface area contributed by atoms with Gasteiger partial charge in [-0.25, -0.2) is 4.79 Å². The Morgan fingerprint density at radius 3 is 2.47 bits per heavy atom. The molecular weight excluding hydrogens is 428 g/mol. The van der Waals surface area contributed by atoms with Gasteiger partial charge in [-0.3, -0.25) is 9.69 Å². The number of piperazine rings is 1. The lowest BCUT2D eigenvalue weighted by molar-refractivity contribution is -0.133. The van der Waals surface area contributed by atoms with Gasteiger partial charge in [0.25, 0.3) is 0 Å². The van der Waals surface area contributed by atoms with Gasteiger partial charge in [0, 0.05) is 51.4 Å². The van der Waals surface area contributed by atoms with E-state index in [1.54, 1.807) is 17.2 Å². The van der Waals surface area contributed by atoms with Crippen LogP contribution in [0.2, 0.25) is 0 Å². The molecule has 3 amide bonds. The third-order valence-corrected chi connectivity index (χ3v) is 6.05. The Bertz CT molecular complexity index is 1060. The number of benzene rings is 2. The van der Waals surface area contributed by atoms with Crippen LogP contribution in [0.3, 0.4) is 0 Å². The quantitative estimate of drug-likeness (QED) is 0.542. The summed E-state index contributed by atoms with van der Waals surface area (Å²) in [4.78, 5) is 31.8. The maximum atomic E-state index is 13.0. The number of nitrogens with zero attached hydrogens (tertiary/aromatic N) is 3. The Balaban J connectivity index is 1.30. The van der Waals surface area contributed by atoms with Gasteiger partial charge in [-0.05, 0) is 42.3 Å². The summed E-state index contributed by atoms with van der Waals surface area (Å²) in [7, 11) is 0. The average molecular weight is 461 g/mol. The zero-order valence-corrected chi connectivity index (χ0v) is 19.7. The van der Waals surface area contributed by atoms with Gasteiger partial charge in [-0.15, -0.1) is 0 Å². The zero-order valence-electron chi connectivity index (χ0n) is 19.7. The molecule has 4 rings (SSSR count). The number of anilines is 1. The van der Waals surface area contributed by atoms with E-state index < -0.39 is 0 Å². The van der Waals surface area contributed by atoms with Gasteiger partial charge < -0.3 is 19.5 Å². The van der Waals surface area contributed by atoms with Crippen molar-refractivity contribution in [3.8, 4) is 0 Å². The number of rotatable bonds is 8. The van der Waals surface area contributed by atoms with Gasteiger partial charge in [0.1, 0.15) is 5.76 Å². The molecule has 34 heavy (non-hydrogen) atoms. The molecule has 3 aromatic rings. The van der Waals surface area contributed by atoms with Crippen LogP contribution < -0.4 is 5.32 Å². The molecule has 2 aromatic carbocycles. The minimum Gasteiger partial charge on any atom is -0.467 e. The first-order chi connectivity index (χ1) is 16.6. The molecule has 7 heteroatoms. The molecule has 178 valence electrons. The largest absolute Gasteiger partial charge is 0.467 e. The molecule has 1 aliphatic heterocycles. The molecule has 0 unspecified atom stereocenters. The summed E-state index contributed by atoms with van der Waals surface area (Å²) in [6.07, 6.45) is 1.87. The first kappa shape index (κ1) is 23.6. The summed E-state index contributed by atoms with van der Waals surface area (Å²) in [6, 6.07) is 21.4. The molecule has 0 spiro atoms. The van der Waals surface area contributed by atoms with Crippen LogP contribution in [0.4, 0.5) is 10.5 Å². The Hall–Kier alpha value is -3.58. The van der Waals surface area contributed by atoms with Crippen LogP contribution in [-0.2, 0) is 17.9 Å². The highest BCUT2D eigenvalue weighted by molar-refractivity contribution is 5.89. The minimum absolute atomic E-state index is 0.0761. The monoisotopic (exact) mass is 460 g/mol. The van der Waals surface area contributed by atoms with Crippen LogP contribution in [0.1, 0.15) is 23.3 Å². The molecule has 0 saturated carbocycles. The second-order valence-corrected chi connectivity index (χ2v) is 8.69. The fourth-order valence-electron chi connectivity index (χ4n) is 4.15. The number of aryl methyl sites for hydroxylation is 1. The number of furan rings is 1. The highest BCUT2D eigenvalue weighted by Crippen LogP contribution is 2.14. The summed E-state index contributed by atoms with van der Waals surface area (Å²) in [6.45, 7) is 6.63. The van der Waals surface area contributed by atoms with Gasteiger partial charge in [0.15, 0.2) is 0 Å². The van der Waals surface area contributed by atoms with E-state index >= 15 is 0 Å². The molecule has 1 fully saturated rings. The summed E-state index contributed by atoms with van der Waals surface area (Å²) in [5, 5.41) is 2.94. The number of carbonyl (C=O) groups excluding carboxylic acids is 2. The van der Waals surface area contributed by atoms with Crippen molar-refractivity contribution in [3.05, 3.63) is 89.9 Å². The molecular formula is C27H32N4O3. The summed E-state index contributed by atoms with van der Waals surface area (Å²) in [5.41, 5.74) is 3.09. The van der Waals surface area contributed by atoms with E-state index in [0.29, 0.717) is 31.9 Å². The van der Waals surface area contributed by atoms with Gasteiger partial charge >= 0.3 is 6.03 Å². The van der Waals surface area contributed by atoms with Gasteiger partial charge in [0.2, 0.25) is 5.91 Å². The predicted octanol–water partition coefficient (Wildman–Crippen LogP) is 4.36. The van der Waals surface area contributed by atoms with Gasteiger partial charge in [0.05, 0.1) is 12.8 Å². The van der Waals surface area contributed by atoms with E-state index in [4.69, 9.17) is 4.42 Å². The first-order valence-electron chi connectivity index (χ1n) is 11.8. The third-order valence-electron chi connectivity index (χ3n) is 6.05. The highest BCUT2D eigenvalue weighted by atomic mass is 16.3. The fraction of sp³-hybridized carbons (Fsp3) is 0.333. The molecule has 2 heterocycles. The van der Waals surface area contributed by atoms with Crippen molar-refractivity contribution in [2.75, 3.05) is 38.0 Å². The maximum absolute atomic E-state index is 13.0. The molecule has 7 nitrogen and oxygen atoms in total. The normalized spacial score (nSPS) is 14.1. The van der Waals surface area contributed by atoms with Gasteiger partial charge in [-0.1, -0.05) is 42.5 Å². The highest BCUT2D eigenvalue weighted by Gasteiger charge is 2.23. The van der Waals surface area contributed by atoms with Crippen molar-refractivity contribution in [1.29, 1.82) is 0 Å². The smallest absolute Gasteiger partial charge is 0.322 e. The first-order valence-corrected chi connectivity index (χ1v) is 11.8. The molecule has 0 aliphatic carbocycles. The van der Waals surface area contributed by atoms with E-state index in [1.165, 1.54) is 5.56 Å². The number of nitrogens with one attached hydrogen (secondary N) is 1. The minimum atomic E-state index is -0.248. The summed E-state index contributed by atoms with van der Waals surface area (Å²) in [5.74, 6) is 0.758. The van der Waals surface area contributed by atoms with E-state index in [1.807, 2.05) is 48.2 Å². The van der Waals surface area contributed by atoms with E-state index in [2.05, 4.69) is 34.5 Å². The molecule has 0 bridgehead atoms. The molecule has 0 radical (unpaired) electrons. The summed E-state index contributed by atoms with van der Waals surface area (Å²) >= 11 is 0. The maximum Gasteiger partial charge on any atom is 0.322 e. The van der Waals surface area contributed by atoms with E-state index in [0.717, 1.165) is 30.9 Å². The van der Waals surface area contributed by atoms with Crippen LogP contribution in [0.25, 0.3) is 0 Å². The van der Waals surface area contributed by atoms with E-state index in [-0.39, 0.29) is 18.4 Å². The summed E-state index contributed by atoms with van der Waals surface area (Å²) < 4.78 is 5.44. The molecule has 1 aliphatic rings. The average Bonchev–Trinajstić information content (AvgIpc) is 3.36. The Kier molecular flexibility index (Phi) is 7.99. The zero-order chi connectivity index (χ0) is 23.8. The predicted molar refractivity (Wildman–Crippen MR) is 132 cm³/mol. The number of hydrogen-bond donors (Lipinski definition) is 1. The van der Waals surface area contributed by atoms with Crippen molar-refractivity contribution < 1.29 is 14.0 Å². The second-order valence-electron chi connectivity index (χ2n) is 8.69. The Morgan fingerprint density at radius 1 is 0.971 bits per heavy atom. The molecule has 1 saturated heterocycles. The number of urea groups is 1. The van der Waals surface area contributed by atoms with Gasteiger partial charge in [-0.2, -0.15) is 0 Å². The van der Waals surface area contributed by atoms with Crippen LogP contribution in [0.15, 0.2) is 77.4 Å². The second kappa shape index (κ2) is 11.5. The molecule has 0 atom stereocenters. The third kappa shape index (κ3) is 6.71. The van der Waals surface area contributed by atoms with Crippen molar-refractivity contribution in [2.24, 2.45) is 0 Å². The van der Waals surface area contributed by atoms with Crippen molar-refractivity contribution in [1.82, 2.24) is 14.7 Å². The number of carbonyl (C=O) groups is 2. The lowest BCUT2D eigenvalue weighted by Gasteiger charge is -2.35. The SMILES string of the molecule is Cc1cccc(NC(=O)N(CCC(=O)N2CCN(Cc3ccccc3)CC2)Cc2ccco2)c1.